The summed E-state index contributed by atoms with van der Waals surface area (Å²) in [6.45, 7) is 2.25. The van der Waals surface area contributed by atoms with Crippen molar-refractivity contribution in [3.8, 4) is 17.6 Å². The van der Waals surface area contributed by atoms with E-state index >= 15 is 0 Å². The van der Waals surface area contributed by atoms with Gasteiger partial charge in [-0.25, -0.2) is 4.79 Å². The van der Waals surface area contributed by atoms with E-state index in [0.29, 0.717) is 28.7 Å². The molecule has 2 aromatic rings. The largest absolute Gasteiger partial charge is 0.493 e. The normalized spacial score (nSPS) is 10.8. The lowest BCUT2D eigenvalue weighted by molar-refractivity contribution is -0.137. The summed E-state index contributed by atoms with van der Waals surface area (Å²) in [5.74, 6) is 0.389. The van der Waals surface area contributed by atoms with Gasteiger partial charge in [0.05, 0.1) is 13.7 Å². The molecule has 0 aliphatic rings. The van der Waals surface area contributed by atoms with E-state index in [0.717, 1.165) is 5.56 Å². The molecule has 0 radical (unpaired) electrons. The number of carbonyl (C=O) groups is 1. The summed E-state index contributed by atoms with van der Waals surface area (Å²) in [7, 11) is 1.52. The third-order valence-corrected chi connectivity index (χ3v) is 3.67. The smallest absolute Gasteiger partial charge is 0.348 e. The molecule has 0 heterocycles. The minimum atomic E-state index is -0.656. The van der Waals surface area contributed by atoms with E-state index in [1.165, 1.54) is 13.2 Å². The van der Waals surface area contributed by atoms with E-state index < -0.39 is 5.97 Å². The first-order valence-electron chi connectivity index (χ1n) is 7.91. The van der Waals surface area contributed by atoms with Crippen LogP contribution in [0.25, 0.3) is 6.08 Å². The quantitative estimate of drug-likeness (QED) is 0.410. The van der Waals surface area contributed by atoms with Crippen LogP contribution in [0.3, 0.4) is 0 Å². The van der Waals surface area contributed by atoms with Crippen LogP contribution in [0.5, 0.6) is 11.5 Å². The molecular weight excluding hydrogens is 354 g/mol. The lowest BCUT2D eigenvalue weighted by atomic mass is 10.1. The standard InChI is InChI=1S/C20H18ClNO4/c1-3-25-20(23)16(12-22)10-15-6-9-18(19(11-15)24-2)26-13-14-4-7-17(21)8-5-14/h4-11H,3,13H2,1-2H3/b16-10-. The summed E-state index contributed by atoms with van der Waals surface area (Å²) < 4.78 is 16.0. The number of nitrogens with zero attached hydrogens (tertiary/aromatic N) is 1. The Bertz CT molecular complexity index is 838. The van der Waals surface area contributed by atoms with E-state index in [4.69, 9.17) is 31.1 Å². The molecule has 0 amide bonds. The number of methoxy groups -OCH3 is 1. The molecule has 2 rings (SSSR count). The molecule has 6 heteroatoms. The molecule has 0 spiro atoms. The average Bonchev–Trinajstić information content (AvgIpc) is 2.66. The van der Waals surface area contributed by atoms with Crippen LogP contribution in [0.1, 0.15) is 18.1 Å². The maximum absolute atomic E-state index is 11.7. The number of benzene rings is 2. The molecule has 2 aromatic carbocycles. The van der Waals surface area contributed by atoms with Crippen LogP contribution in [0.2, 0.25) is 5.02 Å². The second kappa shape index (κ2) is 9.50. The van der Waals surface area contributed by atoms with Crippen LogP contribution in [0.15, 0.2) is 48.0 Å². The van der Waals surface area contributed by atoms with Gasteiger partial charge in [0, 0.05) is 5.02 Å². The van der Waals surface area contributed by atoms with Gasteiger partial charge < -0.3 is 14.2 Å². The maximum Gasteiger partial charge on any atom is 0.348 e. The van der Waals surface area contributed by atoms with Crippen LogP contribution in [0, 0.1) is 11.3 Å². The molecule has 134 valence electrons. The minimum Gasteiger partial charge on any atom is -0.493 e. The molecule has 0 unspecified atom stereocenters. The summed E-state index contributed by atoms with van der Waals surface area (Å²) in [5.41, 5.74) is 1.52. The Labute approximate surface area is 157 Å². The van der Waals surface area contributed by atoms with Gasteiger partial charge in [-0.15, -0.1) is 0 Å². The molecule has 0 N–H and O–H groups in total. The molecule has 5 nitrogen and oxygen atoms in total. The monoisotopic (exact) mass is 371 g/mol. The molecule has 0 aromatic heterocycles. The lowest BCUT2D eigenvalue weighted by Gasteiger charge is -2.11. The minimum absolute atomic E-state index is 0.0799. The highest BCUT2D eigenvalue weighted by atomic mass is 35.5. The number of rotatable bonds is 7. The summed E-state index contributed by atoms with van der Waals surface area (Å²) >= 11 is 5.87. The van der Waals surface area contributed by atoms with Gasteiger partial charge in [0.15, 0.2) is 11.5 Å². The van der Waals surface area contributed by atoms with Gasteiger partial charge in [0.1, 0.15) is 18.2 Å². The number of hydrogen-bond donors (Lipinski definition) is 0. The number of esters is 1. The molecule has 0 fully saturated rings. The fourth-order valence-corrected chi connectivity index (χ4v) is 2.27. The molecular formula is C20H18ClNO4. The Hall–Kier alpha value is -2.97. The first-order valence-corrected chi connectivity index (χ1v) is 8.29. The first-order chi connectivity index (χ1) is 12.6. The summed E-state index contributed by atoms with van der Waals surface area (Å²) in [4.78, 5) is 11.7. The molecule has 0 atom stereocenters. The van der Waals surface area contributed by atoms with Crippen LogP contribution < -0.4 is 9.47 Å². The van der Waals surface area contributed by atoms with Crippen molar-refractivity contribution in [2.45, 2.75) is 13.5 Å². The van der Waals surface area contributed by atoms with Gasteiger partial charge in [-0.3, -0.25) is 0 Å². The van der Waals surface area contributed by atoms with Crippen molar-refractivity contribution >= 4 is 23.6 Å². The van der Waals surface area contributed by atoms with Crippen molar-refractivity contribution in [3.05, 3.63) is 64.2 Å². The van der Waals surface area contributed by atoms with Gasteiger partial charge in [0.2, 0.25) is 0 Å². The van der Waals surface area contributed by atoms with Gasteiger partial charge in [-0.1, -0.05) is 29.8 Å². The van der Waals surface area contributed by atoms with Crippen molar-refractivity contribution in [1.82, 2.24) is 0 Å². The number of hydrogen-bond acceptors (Lipinski definition) is 5. The maximum atomic E-state index is 11.7. The van der Waals surface area contributed by atoms with E-state index in [2.05, 4.69) is 0 Å². The van der Waals surface area contributed by atoms with Crippen LogP contribution in [0.4, 0.5) is 0 Å². The Morgan fingerprint density at radius 1 is 1.19 bits per heavy atom. The molecule has 0 saturated heterocycles. The molecule has 0 saturated carbocycles. The molecule has 26 heavy (non-hydrogen) atoms. The highest BCUT2D eigenvalue weighted by Gasteiger charge is 2.11. The second-order valence-corrected chi connectivity index (χ2v) is 5.65. The van der Waals surface area contributed by atoms with Crippen LogP contribution >= 0.6 is 11.6 Å². The number of halogens is 1. The zero-order valence-corrected chi connectivity index (χ0v) is 15.2. The Balaban J connectivity index is 2.17. The molecule has 0 bridgehead atoms. The van der Waals surface area contributed by atoms with Gasteiger partial charge >= 0.3 is 5.97 Å². The van der Waals surface area contributed by atoms with E-state index in [1.54, 1.807) is 37.3 Å². The number of carbonyl (C=O) groups excluding carboxylic acids is 1. The van der Waals surface area contributed by atoms with Crippen molar-refractivity contribution in [1.29, 1.82) is 5.26 Å². The van der Waals surface area contributed by atoms with Crippen LogP contribution in [-0.4, -0.2) is 19.7 Å². The SMILES string of the molecule is CCOC(=O)/C(C#N)=C\c1ccc(OCc2ccc(Cl)cc2)c(OC)c1. The van der Waals surface area contributed by atoms with E-state index in [-0.39, 0.29) is 12.2 Å². The van der Waals surface area contributed by atoms with Crippen molar-refractivity contribution in [3.63, 3.8) is 0 Å². The Morgan fingerprint density at radius 3 is 2.54 bits per heavy atom. The summed E-state index contributed by atoms with van der Waals surface area (Å²) in [6, 6.07) is 14.3. The number of ether oxygens (including phenoxy) is 3. The molecule has 0 aliphatic carbocycles. The highest BCUT2D eigenvalue weighted by molar-refractivity contribution is 6.30. The average molecular weight is 372 g/mol. The van der Waals surface area contributed by atoms with Crippen molar-refractivity contribution in [2.24, 2.45) is 0 Å². The third kappa shape index (κ3) is 5.27. The second-order valence-electron chi connectivity index (χ2n) is 5.22. The van der Waals surface area contributed by atoms with Crippen molar-refractivity contribution < 1.29 is 19.0 Å². The Kier molecular flexibility index (Phi) is 7.07. The predicted molar refractivity (Wildman–Crippen MR) is 99.0 cm³/mol. The van der Waals surface area contributed by atoms with Gasteiger partial charge in [-0.05, 0) is 48.4 Å². The van der Waals surface area contributed by atoms with Gasteiger partial charge in [0.25, 0.3) is 0 Å². The van der Waals surface area contributed by atoms with Gasteiger partial charge in [-0.2, -0.15) is 5.26 Å². The zero-order chi connectivity index (χ0) is 18.9. The highest BCUT2D eigenvalue weighted by Crippen LogP contribution is 2.30. The van der Waals surface area contributed by atoms with E-state index in [1.807, 2.05) is 18.2 Å². The Morgan fingerprint density at radius 2 is 1.92 bits per heavy atom. The first kappa shape index (κ1) is 19.4. The number of nitriles is 1. The fraction of sp³-hybridized carbons (Fsp3) is 0.200. The summed E-state index contributed by atoms with van der Waals surface area (Å²) in [5, 5.41) is 9.78. The predicted octanol–water partition coefficient (Wildman–Crippen LogP) is 4.40. The zero-order valence-electron chi connectivity index (χ0n) is 14.5. The van der Waals surface area contributed by atoms with E-state index in [9.17, 15) is 4.79 Å². The molecule has 0 aliphatic heterocycles. The van der Waals surface area contributed by atoms with Crippen molar-refractivity contribution in [2.75, 3.05) is 13.7 Å². The van der Waals surface area contributed by atoms with Crippen LogP contribution in [-0.2, 0) is 16.1 Å². The lowest BCUT2D eigenvalue weighted by Crippen LogP contribution is -2.06. The third-order valence-electron chi connectivity index (χ3n) is 3.42. The summed E-state index contributed by atoms with van der Waals surface area (Å²) in [6.07, 6.45) is 1.45. The fourth-order valence-electron chi connectivity index (χ4n) is 2.15. The topological polar surface area (TPSA) is 68.6 Å².